The van der Waals surface area contributed by atoms with Crippen molar-refractivity contribution in [2.75, 3.05) is 17.0 Å². The van der Waals surface area contributed by atoms with Gasteiger partial charge >= 0.3 is 0 Å². The van der Waals surface area contributed by atoms with E-state index in [0.717, 1.165) is 22.9 Å². The maximum absolute atomic E-state index is 5.56. The fourth-order valence-corrected chi connectivity index (χ4v) is 2.35. The zero-order chi connectivity index (χ0) is 15.4. The molecule has 2 aromatic rings. The van der Waals surface area contributed by atoms with Crippen LogP contribution in [0.2, 0.25) is 0 Å². The largest absolute Gasteiger partial charge is 0.340 e. The maximum atomic E-state index is 5.56. The summed E-state index contributed by atoms with van der Waals surface area (Å²) in [6, 6.07) is 8.22. The Morgan fingerprint density at radius 1 is 1.19 bits per heavy atom. The molecule has 0 radical (unpaired) electrons. The summed E-state index contributed by atoms with van der Waals surface area (Å²) in [6.07, 6.45) is 2.06. The minimum Gasteiger partial charge on any atom is -0.340 e. The lowest BCUT2D eigenvalue weighted by atomic mass is 10.2. The van der Waals surface area contributed by atoms with Gasteiger partial charge in [0.25, 0.3) is 0 Å². The third-order valence-electron chi connectivity index (χ3n) is 3.15. The number of anilines is 3. The average Bonchev–Trinajstić information content (AvgIpc) is 2.49. The quantitative estimate of drug-likeness (QED) is 0.444. The lowest BCUT2D eigenvalue weighted by Crippen LogP contribution is -2.14. The van der Waals surface area contributed by atoms with Crippen LogP contribution in [0.1, 0.15) is 31.2 Å². The average molecular weight is 303 g/mol. The van der Waals surface area contributed by atoms with Crippen molar-refractivity contribution in [2.45, 2.75) is 31.6 Å². The van der Waals surface area contributed by atoms with E-state index in [9.17, 15) is 0 Å². The van der Waals surface area contributed by atoms with E-state index in [1.54, 1.807) is 11.8 Å². The molecule has 1 aromatic carbocycles. The van der Waals surface area contributed by atoms with Crippen LogP contribution in [0.3, 0.4) is 0 Å². The lowest BCUT2D eigenvalue weighted by molar-refractivity contribution is 0.774. The van der Waals surface area contributed by atoms with E-state index >= 15 is 0 Å². The molecular formula is C15H21N5S. The van der Waals surface area contributed by atoms with E-state index in [1.807, 2.05) is 19.1 Å². The summed E-state index contributed by atoms with van der Waals surface area (Å²) >= 11 is 1.71. The topological polar surface area (TPSA) is 75.9 Å². The number of thioether (sulfide) groups is 1. The normalized spacial score (nSPS) is 10.8. The predicted molar refractivity (Wildman–Crippen MR) is 90.2 cm³/mol. The van der Waals surface area contributed by atoms with Crippen molar-refractivity contribution in [3.8, 4) is 0 Å². The molecule has 0 saturated heterocycles. The molecule has 21 heavy (non-hydrogen) atoms. The molecule has 5 nitrogen and oxygen atoms in total. The van der Waals surface area contributed by atoms with E-state index in [-0.39, 0.29) is 5.92 Å². The summed E-state index contributed by atoms with van der Waals surface area (Å²) in [5.74, 6) is 7.98. The summed E-state index contributed by atoms with van der Waals surface area (Å²) < 4.78 is 0. The van der Waals surface area contributed by atoms with Gasteiger partial charge in [-0.25, -0.2) is 15.8 Å². The predicted octanol–water partition coefficient (Wildman–Crippen LogP) is 3.66. The summed E-state index contributed by atoms with van der Waals surface area (Å²) in [5.41, 5.74) is 4.54. The first-order valence-electron chi connectivity index (χ1n) is 6.81. The minimum atomic E-state index is 0.232. The first-order valence-corrected chi connectivity index (χ1v) is 8.03. The zero-order valence-electron chi connectivity index (χ0n) is 12.8. The molecule has 0 aliphatic carbocycles. The molecule has 0 amide bonds. The highest BCUT2D eigenvalue weighted by Crippen LogP contribution is 2.27. The summed E-state index contributed by atoms with van der Waals surface area (Å²) in [5, 5.41) is 3.36. The smallest absolute Gasteiger partial charge is 0.148 e. The molecule has 0 bridgehead atoms. The molecule has 0 spiro atoms. The monoisotopic (exact) mass is 303 g/mol. The highest BCUT2D eigenvalue weighted by molar-refractivity contribution is 7.98. The Labute approximate surface area is 129 Å². The Hall–Kier alpha value is -1.79. The third-order valence-corrected chi connectivity index (χ3v) is 3.87. The van der Waals surface area contributed by atoms with Crippen LogP contribution in [-0.4, -0.2) is 16.2 Å². The van der Waals surface area contributed by atoms with Gasteiger partial charge in [0.15, 0.2) is 0 Å². The van der Waals surface area contributed by atoms with Crippen LogP contribution in [0, 0.1) is 6.92 Å². The van der Waals surface area contributed by atoms with Gasteiger partial charge in [0.05, 0.1) is 0 Å². The number of hydrogen-bond acceptors (Lipinski definition) is 6. The van der Waals surface area contributed by atoms with Crippen LogP contribution in [0.4, 0.5) is 17.3 Å². The van der Waals surface area contributed by atoms with Gasteiger partial charge in [-0.2, -0.15) is 0 Å². The van der Waals surface area contributed by atoms with E-state index in [4.69, 9.17) is 5.84 Å². The molecule has 0 aliphatic heterocycles. The first-order chi connectivity index (χ1) is 10.0. The highest BCUT2D eigenvalue weighted by atomic mass is 32.2. The second-order valence-electron chi connectivity index (χ2n) is 5.06. The number of aromatic nitrogens is 2. The molecule has 0 saturated carbocycles. The van der Waals surface area contributed by atoms with E-state index < -0.39 is 0 Å². The van der Waals surface area contributed by atoms with Gasteiger partial charge in [-0.3, -0.25) is 0 Å². The van der Waals surface area contributed by atoms with Crippen LogP contribution >= 0.6 is 11.8 Å². The summed E-state index contributed by atoms with van der Waals surface area (Å²) in [6.45, 7) is 6.06. The van der Waals surface area contributed by atoms with Crippen molar-refractivity contribution in [1.29, 1.82) is 0 Å². The van der Waals surface area contributed by atoms with Crippen molar-refractivity contribution >= 4 is 29.1 Å². The van der Waals surface area contributed by atoms with Gasteiger partial charge in [-0.05, 0) is 31.4 Å². The number of nitrogens with zero attached hydrogens (tertiary/aromatic N) is 2. The van der Waals surface area contributed by atoms with E-state index in [0.29, 0.717) is 5.82 Å². The molecule has 0 fully saturated rings. The molecule has 0 atom stereocenters. The molecule has 1 aromatic heterocycles. The number of hydrazine groups is 1. The van der Waals surface area contributed by atoms with Gasteiger partial charge in [-0.1, -0.05) is 19.9 Å². The van der Waals surface area contributed by atoms with Gasteiger partial charge in [-0.15, -0.1) is 11.8 Å². The number of rotatable bonds is 5. The van der Waals surface area contributed by atoms with E-state index in [1.165, 1.54) is 4.90 Å². The molecular weight excluding hydrogens is 282 g/mol. The SMILES string of the molecule is CSc1cccc(Nc2nc(C(C)C)nc(NN)c2C)c1. The summed E-state index contributed by atoms with van der Waals surface area (Å²) in [7, 11) is 0. The number of nitrogens with one attached hydrogen (secondary N) is 2. The highest BCUT2D eigenvalue weighted by Gasteiger charge is 2.12. The van der Waals surface area contributed by atoms with Crippen LogP contribution in [0.5, 0.6) is 0 Å². The summed E-state index contributed by atoms with van der Waals surface area (Å²) in [4.78, 5) is 10.2. The van der Waals surface area contributed by atoms with Crippen molar-refractivity contribution < 1.29 is 0 Å². The van der Waals surface area contributed by atoms with Gasteiger partial charge in [0.1, 0.15) is 17.5 Å². The number of hydrogen-bond donors (Lipinski definition) is 3. The van der Waals surface area contributed by atoms with Crippen LogP contribution in [0.25, 0.3) is 0 Å². The molecule has 6 heteroatoms. The molecule has 4 N–H and O–H groups in total. The van der Waals surface area contributed by atoms with Gasteiger partial charge < -0.3 is 10.7 Å². The van der Waals surface area contributed by atoms with E-state index in [2.05, 4.69) is 52.9 Å². The number of nitrogens with two attached hydrogens (primary N) is 1. The Kier molecular flexibility index (Phi) is 5.03. The van der Waals surface area contributed by atoms with Crippen molar-refractivity contribution in [3.63, 3.8) is 0 Å². The molecule has 2 rings (SSSR count). The number of benzene rings is 1. The van der Waals surface area contributed by atoms with Crippen LogP contribution < -0.4 is 16.6 Å². The standard InChI is InChI=1S/C15H21N5S/c1-9(2)13-18-14(10(3)15(19-13)20-16)17-11-6-5-7-12(8-11)21-4/h5-9H,16H2,1-4H3,(H2,17,18,19,20). The fraction of sp³-hybridized carbons (Fsp3) is 0.333. The third kappa shape index (κ3) is 3.65. The Morgan fingerprint density at radius 2 is 1.90 bits per heavy atom. The second kappa shape index (κ2) is 6.78. The van der Waals surface area contributed by atoms with Crippen LogP contribution in [-0.2, 0) is 0 Å². The first kappa shape index (κ1) is 15.6. The molecule has 0 aliphatic rings. The Balaban J connectivity index is 2.40. The van der Waals surface area contributed by atoms with Crippen molar-refractivity contribution in [3.05, 3.63) is 35.7 Å². The molecule has 0 unspecified atom stereocenters. The van der Waals surface area contributed by atoms with Gasteiger partial charge in [0.2, 0.25) is 0 Å². The Bertz CT molecular complexity index is 627. The van der Waals surface area contributed by atoms with Crippen LogP contribution in [0.15, 0.2) is 29.2 Å². The van der Waals surface area contributed by atoms with Crippen molar-refractivity contribution in [2.24, 2.45) is 5.84 Å². The van der Waals surface area contributed by atoms with Crippen molar-refractivity contribution in [1.82, 2.24) is 9.97 Å². The molecule has 112 valence electrons. The second-order valence-corrected chi connectivity index (χ2v) is 5.94. The zero-order valence-corrected chi connectivity index (χ0v) is 13.6. The molecule has 1 heterocycles. The fourth-order valence-electron chi connectivity index (χ4n) is 1.89. The lowest BCUT2D eigenvalue weighted by Gasteiger charge is -2.15. The van der Waals surface area contributed by atoms with Gasteiger partial charge in [0, 0.05) is 22.1 Å². The number of nitrogen functional groups attached to an aromatic ring is 1. The maximum Gasteiger partial charge on any atom is 0.148 e. The minimum absolute atomic E-state index is 0.232. The Morgan fingerprint density at radius 3 is 2.52 bits per heavy atom.